The molecule has 0 spiro atoms. The Morgan fingerprint density at radius 1 is 1.02 bits per heavy atom. The van der Waals surface area contributed by atoms with Crippen LogP contribution in [0.3, 0.4) is 0 Å². The summed E-state index contributed by atoms with van der Waals surface area (Å²) in [6.45, 7) is 17.4. The van der Waals surface area contributed by atoms with Crippen molar-refractivity contribution in [2.75, 3.05) is 6.61 Å². The van der Waals surface area contributed by atoms with E-state index in [9.17, 15) is 26.4 Å². The van der Waals surface area contributed by atoms with Gasteiger partial charge in [0.25, 0.3) is 0 Å². The summed E-state index contributed by atoms with van der Waals surface area (Å²) in [5, 5.41) is 0. The fraction of sp³-hybridized carbons (Fsp3) is 0.853. The van der Waals surface area contributed by atoms with E-state index in [0.717, 1.165) is 36.8 Å². The van der Waals surface area contributed by atoms with E-state index in [1.165, 1.54) is 6.42 Å². The molecule has 0 aromatic rings. The van der Waals surface area contributed by atoms with Gasteiger partial charge < -0.3 is 4.74 Å². The van der Waals surface area contributed by atoms with E-state index < -0.39 is 32.6 Å². The maximum absolute atomic E-state index is 13.6. The molecule has 0 amide bonds. The SMILES string of the molecule is CCOC(=O)C[C@@]12C=C[C@H]([C@H](C)CCCC(C)C)[C@@]1(C)CCC1=C2CCC2C(C)(C)CCC(OS(=O)(=O)C(F)(F)F)[C@]12C. The highest BCUT2D eigenvalue weighted by molar-refractivity contribution is 7.87. The summed E-state index contributed by atoms with van der Waals surface area (Å²) < 4.78 is 76.2. The zero-order valence-corrected chi connectivity index (χ0v) is 28.2. The molecule has 0 aromatic carbocycles. The number of carbonyl (C=O) groups is 1. The van der Waals surface area contributed by atoms with Crippen LogP contribution in [-0.4, -0.2) is 32.6 Å². The number of hydrogen-bond donors (Lipinski definition) is 0. The van der Waals surface area contributed by atoms with Gasteiger partial charge in [0.05, 0.1) is 19.1 Å². The van der Waals surface area contributed by atoms with E-state index in [1.54, 1.807) is 6.92 Å². The molecule has 0 aliphatic heterocycles. The quantitative estimate of drug-likeness (QED) is 0.104. The van der Waals surface area contributed by atoms with Crippen molar-refractivity contribution in [2.45, 2.75) is 131 Å². The summed E-state index contributed by atoms with van der Waals surface area (Å²) in [5.41, 5.74) is -5.38. The first-order valence-corrected chi connectivity index (χ1v) is 17.7. The van der Waals surface area contributed by atoms with Gasteiger partial charge in [-0.15, -0.1) is 0 Å². The number of rotatable bonds is 10. The lowest BCUT2D eigenvalue weighted by molar-refractivity contribution is -0.148. The van der Waals surface area contributed by atoms with Crippen molar-refractivity contribution < 1.29 is 35.3 Å². The number of ether oxygens (including phenoxy) is 1. The van der Waals surface area contributed by atoms with Crippen molar-refractivity contribution in [1.29, 1.82) is 0 Å². The zero-order valence-electron chi connectivity index (χ0n) is 27.4. The molecule has 7 atom stereocenters. The van der Waals surface area contributed by atoms with Crippen molar-refractivity contribution in [3.63, 3.8) is 0 Å². The van der Waals surface area contributed by atoms with Gasteiger partial charge in [-0.05, 0) is 80.0 Å². The van der Waals surface area contributed by atoms with Crippen LogP contribution in [0, 0.1) is 45.3 Å². The molecular weight excluding hydrogens is 577 g/mol. The standard InChI is InChI=1S/C34H53F3O5S/c1-9-41-29(38)21-33-20-16-24(23(4)12-10-11-22(2)3)31(33,7)19-15-25-26(33)13-14-27-30(5,6)18-17-28(32(25,27)8)42-43(39,40)34(35,36)37/h16,20,22-24,27-28H,9-15,17-19,21H2,1-8H3/t23-,24-,27?,28?,31-,32-,33-/m1/s1. The molecule has 1 saturated carbocycles. The molecule has 246 valence electrons. The molecule has 43 heavy (non-hydrogen) atoms. The minimum absolute atomic E-state index is 0.0546. The Bertz CT molecular complexity index is 1230. The third-order valence-electron chi connectivity index (χ3n) is 12.2. The molecule has 0 N–H and O–H groups in total. The summed E-state index contributed by atoms with van der Waals surface area (Å²) in [6, 6.07) is 0. The van der Waals surface area contributed by atoms with Crippen LogP contribution in [0.4, 0.5) is 13.2 Å². The lowest BCUT2D eigenvalue weighted by Crippen LogP contribution is -2.58. The fourth-order valence-electron chi connectivity index (χ4n) is 9.98. The van der Waals surface area contributed by atoms with Crippen LogP contribution in [0.5, 0.6) is 0 Å². The van der Waals surface area contributed by atoms with Crippen LogP contribution in [0.1, 0.15) is 120 Å². The van der Waals surface area contributed by atoms with E-state index in [1.807, 2.05) is 6.92 Å². The van der Waals surface area contributed by atoms with Gasteiger partial charge in [-0.3, -0.25) is 8.98 Å². The van der Waals surface area contributed by atoms with Gasteiger partial charge in [-0.1, -0.05) is 91.0 Å². The number of fused-ring (bicyclic) bond motifs is 4. The number of carbonyl (C=O) groups excluding carboxylic acids is 1. The lowest BCUT2D eigenvalue weighted by Gasteiger charge is -2.63. The van der Waals surface area contributed by atoms with Gasteiger partial charge in [-0.25, -0.2) is 0 Å². The maximum atomic E-state index is 13.6. The van der Waals surface area contributed by atoms with Gasteiger partial charge in [-0.2, -0.15) is 21.6 Å². The predicted octanol–water partition coefficient (Wildman–Crippen LogP) is 9.14. The molecule has 5 nitrogen and oxygen atoms in total. The second-order valence-electron chi connectivity index (χ2n) is 15.4. The number of allylic oxidation sites excluding steroid dienone is 3. The highest BCUT2D eigenvalue weighted by Crippen LogP contribution is 2.72. The van der Waals surface area contributed by atoms with Gasteiger partial charge >= 0.3 is 21.6 Å². The van der Waals surface area contributed by atoms with Crippen molar-refractivity contribution in [3.05, 3.63) is 23.3 Å². The molecular formula is C34H53F3O5S. The molecule has 1 fully saturated rings. The average Bonchev–Trinajstić information content (AvgIpc) is 3.17. The summed E-state index contributed by atoms with van der Waals surface area (Å²) in [5.74, 6) is 0.957. The largest absolute Gasteiger partial charge is 0.523 e. The van der Waals surface area contributed by atoms with Crippen LogP contribution in [-0.2, 0) is 23.8 Å². The Morgan fingerprint density at radius 3 is 2.30 bits per heavy atom. The van der Waals surface area contributed by atoms with Crippen molar-refractivity contribution in [3.8, 4) is 0 Å². The second kappa shape index (κ2) is 11.8. The van der Waals surface area contributed by atoms with Crippen LogP contribution >= 0.6 is 0 Å². The first-order valence-electron chi connectivity index (χ1n) is 16.3. The first-order chi connectivity index (χ1) is 19.8. The monoisotopic (exact) mass is 630 g/mol. The van der Waals surface area contributed by atoms with E-state index in [4.69, 9.17) is 8.92 Å². The van der Waals surface area contributed by atoms with Gasteiger partial charge in [0, 0.05) is 10.8 Å². The van der Waals surface area contributed by atoms with Gasteiger partial charge in [0.1, 0.15) is 0 Å². The Morgan fingerprint density at radius 2 is 1.70 bits per heavy atom. The summed E-state index contributed by atoms with van der Waals surface area (Å²) >= 11 is 0. The Hall–Kier alpha value is -1.35. The molecule has 4 rings (SSSR count). The summed E-state index contributed by atoms with van der Waals surface area (Å²) in [7, 11) is -5.78. The lowest BCUT2D eigenvalue weighted by atomic mass is 9.42. The first kappa shape index (κ1) is 34.5. The topological polar surface area (TPSA) is 69.7 Å². The molecule has 0 heterocycles. The molecule has 0 bridgehead atoms. The maximum Gasteiger partial charge on any atom is 0.523 e. The highest BCUT2D eigenvalue weighted by atomic mass is 32.2. The Labute approximate surface area is 257 Å². The van der Waals surface area contributed by atoms with Gasteiger partial charge in [0.15, 0.2) is 0 Å². The van der Waals surface area contributed by atoms with E-state index in [-0.39, 0.29) is 48.1 Å². The van der Waals surface area contributed by atoms with Crippen molar-refractivity contribution in [1.82, 2.24) is 0 Å². The smallest absolute Gasteiger partial charge is 0.466 e. The van der Waals surface area contributed by atoms with Crippen LogP contribution in [0.15, 0.2) is 23.3 Å². The number of esters is 1. The van der Waals surface area contributed by atoms with Crippen LogP contribution in [0.2, 0.25) is 0 Å². The number of alkyl halides is 3. The van der Waals surface area contributed by atoms with Crippen LogP contribution in [0.25, 0.3) is 0 Å². The summed E-state index contributed by atoms with van der Waals surface area (Å²) in [6.07, 6.45) is 10.6. The normalized spacial score (nSPS) is 36.2. The third kappa shape index (κ3) is 5.76. The molecule has 4 aliphatic carbocycles. The van der Waals surface area contributed by atoms with Crippen molar-refractivity contribution >= 4 is 16.1 Å². The Kier molecular flexibility index (Phi) is 9.46. The highest BCUT2D eigenvalue weighted by Gasteiger charge is 2.66. The van der Waals surface area contributed by atoms with E-state index >= 15 is 0 Å². The van der Waals surface area contributed by atoms with E-state index in [2.05, 4.69) is 53.7 Å². The predicted molar refractivity (Wildman–Crippen MR) is 162 cm³/mol. The second-order valence-corrected chi connectivity index (χ2v) is 17.0. The molecule has 0 radical (unpaired) electrons. The molecule has 4 aliphatic rings. The average molecular weight is 631 g/mol. The third-order valence-corrected chi connectivity index (χ3v) is 13.2. The van der Waals surface area contributed by atoms with Crippen LogP contribution < -0.4 is 0 Å². The molecule has 9 heteroatoms. The van der Waals surface area contributed by atoms with Gasteiger partial charge in [0.2, 0.25) is 0 Å². The molecule has 2 unspecified atom stereocenters. The zero-order chi connectivity index (χ0) is 32.2. The minimum Gasteiger partial charge on any atom is -0.466 e. The molecule has 0 saturated heterocycles. The number of hydrogen-bond acceptors (Lipinski definition) is 5. The Balaban J connectivity index is 1.84. The number of halogens is 3. The minimum atomic E-state index is -5.78. The summed E-state index contributed by atoms with van der Waals surface area (Å²) in [4.78, 5) is 13.3. The fourth-order valence-corrected chi connectivity index (χ4v) is 10.7. The van der Waals surface area contributed by atoms with Crippen molar-refractivity contribution in [2.24, 2.45) is 45.3 Å². The van der Waals surface area contributed by atoms with E-state index in [0.29, 0.717) is 31.1 Å². The molecule has 0 aromatic heterocycles.